The topological polar surface area (TPSA) is 278 Å². The van der Waals surface area contributed by atoms with Crippen LogP contribution in [0.1, 0.15) is 108 Å². The first-order valence-electron chi connectivity index (χ1n) is 25.2. The molecule has 0 aromatic rings. The summed E-state index contributed by atoms with van der Waals surface area (Å²) >= 11 is 0. The number of hydrogen-bond donors (Lipinski definition) is 2. The Kier molecular flexibility index (Phi) is 16.2. The molecule has 4 aliphatic carbocycles. The van der Waals surface area contributed by atoms with Gasteiger partial charge in [-0.25, -0.2) is 9.59 Å². The van der Waals surface area contributed by atoms with Gasteiger partial charge in [0.2, 0.25) is 11.3 Å². The highest BCUT2D eigenvalue weighted by Crippen LogP contribution is 2.61. The molecule has 21 heteroatoms. The Labute approximate surface area is 429 Å². The zero-order chi connectivity index (χ0) is 54.5. The second-order valence-electron chi connectivity index (χ2n) is 21.7. The molecule has 3 aliphatic heterocycles. The molecule has 1 spiro atoms. The smallest absolute Gasteiger partial charge is 0.407 e. The molecule has 0 aromatic carbocycles. The first-order chi connectivity index (χ1) is 34.7. The second kappa shape index (κ2) is 21.5. The summed E-state index contributed by atoms with van der Waals surface area (Å²) in [4.78, 5) is 105. The van der Waals surface area contributed by atoms with Gasteiger partial charge < -0.3 is 53.1 Å². The maximum atomic E-state index is 15.6. The van der Waals surface area contributed by atoms with Gasteiger partial charge >= 0.3 is 30.0 Å². The average Bonchev–Trinajstić information content (AvgIpc) is 3.55. The van der Waals surface area contributed by atoms with Gasteiger partial charge in [0, 0.05) is 62.7 Å². The SMILES string of the molecule is COC(=O)N[C@H]1[C@@H](C)O[C@@H](O[C@H]2C/C=C(\C)[C@@H]3C=C[C@@H]4[C@@H](O[C@H]5C[C@H](OC(C)=O)[C@@H](OC(C)=O)[C@H](C)O5)[C@@H](C)C[C@H](C)[C@H]4[C@]3(C)/C(O)=C3\C(=O)O[C@]4(CC(C=O)=C[C@H](OC(C)=O)[C@H]4/C=C/2C)C3=O)C[C@]1(C)[N+](=O)[O-]. The van der Waals surface area contributed by atoms with Crippen LogP contribution in [-0.4, -0.2) is 132 Å². The maximum absolute atomic E-state index is 15.6. The van der Waals surface area contributed by atoms with Crippen molar-refractivity contribution in [2.45, 2.75) is 181 Å². The fraction of sp³-hybridized carbons (Fsp3) is 0.679. The summed E-state index contributed by atoms with van der Waals surface area (Å²) in [6.07, 6.45) is -0.238. The quantitative estimate of drug-likeness (QED) is 0.0497. The van der Waals surface area contributed by atoms with Crippen LogP contribution >= 0.6 is 0 Å². The predicted octanol–water partition coefficient (Wildman–Crippen LogP) is 5.80. The number of ketones is 1. The first kappa shape index (κ1) is 56.0. The zero-order valence-electron chi connectivity index (χ0n) is 44.0. The van der Waals surface area contributed by atoms with Crippen LogP contribution < -0.4 is 5.32 Å². The molecule has 7 rings (SSSR count). The summed E-state index contributed by atoms with van der Waals surface area (Å²) in [5.74, 6) is -7.85. The Morgan fingerprint density at radius 2 is 1.53 bits per heavy atom. The van der Waals surface area contributed by atoms with Crippen molar-refractivity contribution in [3.05, 3.63) is 68.5 Å². The number of aldehydes is 1. The van der Waals surface area contributed by atoms with E-state index in [0.717, 1.165) is 14.0 Å². The van der Waals surface area contributed by atoms with E-state index in [-0.39, 0.29) is 36.7 Å². The number of Topliss-reactive ketones (excluding diaryl/α,β-unsaturated/α-hetero) is 1. The van der Waals surface area contributed by atoms with Crippen LogP contribution in [0.5, 0.6) is 0 Å². The largest absolute Gasteiger partial charge is 0.511 e. The van der Waals surface area contributed by atoms with Crippen LogP contribution in [0.25, 0.3) is 0 Å². The third-order valence-electron chi connectivity index (χ3n) is 16.5. The molecule has 4 fully saturated rings. The summed E-state index contributed by atoms with van der Waals surface area (Å²) in [7, 11) is 1.14. The number of nitrogens with zero attached hydrogens (tertiary/aromatic N) is 1. The molecule has 74 heavy (non-hydrogen) atoms. The molecule has 1 saturated carbocycles. The Bertz CT molecular complexity index is 2460. The molecule has 3 heterocycles. The lowest BCUT2D eigenvalue weighted by molar-refractivity contribution is -0.584. The van der Waals surface area contributed by atoms with Crippen LogP contribution in [-0.2, 0) is 71.4 Å². The lowest BCUT2D eigenvalue weighted by atomic mass is 9.49. The highest BCUT2D eigenvalue weighted by atomic mass is 16.7. The number of methoxy groups -OCH3 is 1. The molecular formula is C53H70N2O19. The van der Waals surface area contributed by atoms with E-state index in [2.05, 4.69) is 5.32 Å². The number of ether oxygens (including phenoxy) is 9. The van der Waals surface area contributed by atoms with Crippen LogP contribution in [0, 0.1) is 51.0 Å². The molecular weight excluding hydrogens is 969 g/mol. The van der Waals surface area contributed by atoms with E-state index in [1.807, 2.05) is 39.0 Å². The summed E-state index contributed by atoms with van der Waals surface area (Å²) in [5.41, 5.74) is -4.96. The minimum absolute atomic E-state index is 0.00264. The van der Waals surface area contributed by atoms with E-state index < -0.39 is 160 Å². The van der Waals surface area contributed by atoms with Crippen LogP contribution in [0.3, 0.4) is 0 Å². The fourth-order valence-corrected chi connectivity index (χ4v) is 13.3. The molecule has 3 saturated heterocycles. The van der Waals surface area contributed by atoms with E-state index in [1.54, 1.807) is 33.8 Å². The molecule has 0 radical (unpaired) electrons. The van der Waals surface area contributed by atoms with Gasteiger partial charge in [-0.2, -0.15) is 0 Å². The highest BCUT2D eigenvalue weighted by molar-refractivity contribution is 6.26. The van der Waals surface area contributed by atoms with E-state index >= 15 is 4.79 Å². The number of esters is 4. The van der Waals surface area contributed by atoms with Crippen molar-refractivity contribution in [1.29, 1.82) is 0 Å². The zero-order valence-corrected chi connectivity index (χ0v) is 44.0. The standard InChI is InChI=1S/C53H70N2O19/c1-24-13-16-37(72-41-22-51(10,55(64)65)46(29(6)68-41)54-50(63)66-12)25(2)18-36-38(69-30(7)57)19-33(23-56)21-53(36)48(61)42(49(62)74-53)47(60)52(11)35(24)15-14-34-43(52)26(3)17-27(4)44(34)73-40-20-39(70-31(8)58)45(28(5)67-40)71-32(9)59/h13-15,18-19,23,26-29,34-41,43-46,60H,16-17,20-22H2,1-12H3,(H,54,63)/b24-13+,25-18+,47-42+/t26-,27-,28-,29+,34-,35-,36+,37-,38-,39-,40-,41-,43+,44-,45-,46-,51-,52+,53-/m0/s1. The summed E-state index contributed by atoms with van der Waals surface area (Å²) in [6.45, 7) is 17.7. The highest BCUT2D eigenvalue weighted by Gasteiger charge is 2.65. The molecule has 2 bridgehead atoms. The number of aliphatic hydroxyl groups is 1. The number of fused-ring (bicyclic) bond motifs is 4. The van der Waals surface area contributed by atoms with Crippen LogP contribution in [0.15, 0.2) is 58.4 Å². The van der Waals surface area contributed by atoms with E-state index in [1.165, 1.54) is 26.8 Å². The molecule has 7 aliphatic rings. The summed E-state index contributed by atoms with van der Waals surface area (Å²) in [5, 5.41) is 28.5. The van der Waals surface area contributed by atoms with Crippen LogP contribution in [0.4, 0.5) is 4.79 Å². The lowest BCUT2D eigenvalue weighted by Gasteiger charge is -2.56. The monoisotopic (exact) mass is 1040 g/mol. The second-order valence-corrected chi connectivity index (χ2v) is 21.7. The number of allylic oxidation sites excluding steroid dienone is 3. The van der Waals surface area contributed by atoms with Crippen molar-refractivity contribution in [2.24, 2.45) is 40.9 Å². The third-order valence-corrected chi connectivity index (χ3v) is 16.5. The minimum atomic E-state index is -2.22. The lowest BCUT2D eigenvalue weighted by Crippen LogP contribution is -2.65. The number of carbonyl (C=O) groups excluding carboxylic acids is 7. The van der Waals surface area contributed by atoms with Crippen molar-refractivity contribution < 1.29 is 86.2 Å². The van der Waals surface area contributed by atoms with Gasteiger partial charge in [0.15, 0.2) is 24.3 Å². The van der Waals surface area contributed by atoms with Crippen molar-refractivity contribution in [1.82, 2.24) is 5.32 Å². The Balaban J connectivity index is 1.36. The van der Waals surface area contributed by atoms with Gasteiger partial charge in [-0.15, -0.1) is 0 Å². The molecule has 19 atom stereocenters. The van der Waals surface area contributed by atoms with Crippen LogP contribution in [0.2, 0.25) is 0 Å². The Morgan fingerprint density at radius 3 is 2.15 bits per heavy atom. The van der Waals surface area contributed by atoms with Gasteiger partial charge in [0.25, 0.3) is 0 Å². The van der Waals surface area contributed by atoms with Gasteiger partial charge in [-0.1, -0.05) is 50.6 Å². The molecule has 0 unspecified atom stereocenters. The van der Waals surface area contributed by atoms with E-state index in [9.17, 15) is 44.0 Å². The maximum Gasteiger partial charge on any atom is 0.407 e. The fourth-order valence-electron chi connectivity index (χ4n) is 13.3. The van der Waals surface area contributed by atoms with Crippen molar-refractivity contribution in [3.8, 4) is 0 Å². The average molecular weight is 1040 g/mol. The number of nitro groups is 1. The number of rotatable bonds is 10. The Morgan fingerprint density at radius 1 is 0.865 bits per heavy atom. The minimum Gasteiger partial charge on any atom is -0.511 e. The normalized spacial score (nSPS) is 43.4. The first-order valence-corrected chi connectivity index (χ1v) is 25.2. The number of aliphatic hydroxyl groups excluding tert-OH is 1. The molecule has 21 nitrogen and oxygen atoms in total. The number of alkyl carbamates (subject to hydrolysis) is 1. The predicted molar refractivity (Wildman–Crippen MR) is 258 cm³/mol. The molecule has 0 aromatic heterocycles. The van der Waals surface area contributed by atoms with Crippen molar-refractivity contribution in [3.63, 3.8) is 0 Å². The number of amides is 1. The summed E-state index contributed by atoms with van der Waals surface area (Å²) in [6, 6.07) is -1.13. The van der Waals surface area contributed by atoms with E-state index in [4.69, 9.17) is 42.6 Å². The van der Waals surface area contributed by atoms with E-state index in [0.29, 0.717) is 23.9 Å². The number of nitrogens with one attached hydrogen (secondary N) is 1. The number of hydrogen-bond acceptors (Lipinski definition) is 19. The molecule has 2 N–H and O–H groups in total. The van der Waals surface area contributed by atoms with Crippen molar-refractivity contribution >= 4 is 42.0 Å². The van der Waals surface area contributed by atoms with Gasteiger partial charge in [0.1, 0.15) is 35.9 Å². The van der Waals surface area contributed by atoms with Crippen molar-refractivity contribution in [2.75, 3.05) is 7.11 Å². The molecule has 1 amide bonds. The van der Waals surface area contributed by atoms with Gasteiger partial charge in [-0.3, -0.25) is 34.1 Å². The number of carbonyl (C=O) groups is 7. The third kappa shape index (κ3) is 10.3. The van der Waals surface area contributed by atoms with Gasteiger partial charge in [0.05, 0.1) is 43.9 Å². The van der Waals surface area contributed by atoms with Gasteiger partial charge in [-0.05, 0) is 75.5 Å². The molecule has 406 valence electrons. The Hall–Kier alpha value is -5.77. The summed E-state index contributed by atoms with van der Waals surface area (Å²) < 4.78 is 54.1.